The molecule has 0 fully saturated rings. The fraction of sp³-hybridized carbons (Fsp3) is 0.296. The summed E-state index contributed by atoms with van der Waals surface area (Å²) in [6.45, 7) is 8.93. The molecule has 0 aliphatic carbocycles. The number of halogens is 1. The number of imidazole rings is 1. The molecule has 0 saturated carbocycles. The number of aliphatic hydroxyl groups is 1. The maximum absolute atomic E-state index is 10.8. The average molecular weight is 465 g/mol. The highest BCUT2D eigenvalue weighted by Gasteiger charge is 2.16. The fourth-order valence-corrected chi connectivity index (χ4v) is 4.42. The first-order chi connectivity index (χ1) is 15.8. The molecule has 0 radical (unpaired) electrons. The molecule has 0 aliphatic heterocycles. The minimum Gasteiger partial charge on any atom is -0.491 e. The Morgan fingerprint density at radius 2 is 1.67 bits per heavy atom. The van der Waals surface area contributed by atoms with Crippen LogP contribution < -0.4 is 9.47 Å². The lowest BCUT2D eigenvalue weighted by Crippen LogP contribution is -2.25. The molecule has 0 aliphatic rings. The number of ether oxygens (including phenoxy) is 2. The van der Waals surface area contributed by atoms with Gasteiger partial charge in [-0.05, 0) is 74.7 Å². The van der Waals surface area contributed by atoms with Crippen LogP contribution >= 0.6 is 11.6 Å². The third-order valence-corrected chi connectivity index (χ3v) is 5.88. The van der Waals surface area contributed by atoms with Gasteiger partial charge in [0.25, 0.3) is 0 Å². The van der Waals surface area contributed by atoms with Gasteiger partial charge in [0, 0.05) is 5.02 Å². The summed E-state index contributed by atoms with van der Waals surface area (Å²) >= 11 is 6.02. The van der Waals surface area contributed by atoms with Crippen LogP contribution in [0, 0.1) is 27.7 Å². The van der Waals surface area contributed by atoms with Crippen LogP contribution in [0.4, 0.5) is 0 Å². The first-order valence-corrected chi connectivity index (χ1v) is 11.4. The molecular formula is C27H29ClN2O3. The van der Waals surface area contributed by atoms with Crippen LogP contribution in [0.15, 0.2) is 54.6 Å². The zero-order valence-corrected chi connectivity index (χ0v) is 20.2. The van der Waals surface area contributed by atoms with E-state index in [0.717, 1.165) is 39.3 Å². The zero-order valence-electron chi connectivity index (χ0n) is 19.4. The molecule has 33 heavy (non-hydrogen) atoms. The van der Waals surface area contributed by atoms with Gasteiger partial charge in [-0.15, -0.1) is 0 Å². The molecule has 1 unspecified atom stereocenters. The lowest BCUT2D eigenvalue weighted by atomic mass is 10.1. The third-order valence-electron chi connectivity index (χ3n) is 5.65. The molecular weight excluding hydrogens is 436 g/mol. The Morgan fingerprint density at radius 1 is 0.939 bits per heavy atom. The molecule has 0 bridgehead atoms. The van der Waals surface area contributed by atoms with E-state index < -0.39 is 6.10 Å². The summed E-state index contributed by atoms with van der Waals surface area (Å²) in [7, 11) is 0. The number of hydrogen-bond donors (Lipinski definition) is 1. The maximum Gasteiger partial charge on any atom is 0.148 e. The van der Waals surface area contributed by atoms with Gasteiger partial charge >= 0.3 is 0 Å². The molecule has 6 heteroatoms. The smallest absolute Gasteiger partial charge is 0.148 e. The molecule has 5 nitrogen and oxygen atoms in total. The number of aryl methyl sites for hydroxylation is 4. The lowest BCUT2D eigenvalue weighted by Gasteiger charge is -2.17. The van der Waals surface area contributed by atoms with Gasteiger partial charge in [0.1, 0.15) is 36.6 Å². The van der Waals surface area contributed by atoms with Gasteiger partial charge < -0.3 is 19.1 Å². The predicted octanol–water partition coefficient (Wildman–Crippen LogP) is 5.94. The number of nitrogens with zero attached hydrogens (tertiary/aromatic N) is 2. The Labute approximate surface area is 199 Å². The van der Waals surface area contributed by atoms with Crippen molar-refractivity contribution in [1.29, 1.82) is 0 Å². The van der Waals surface area contributed by atoms with E-state index in [4.69, 9.17) is 26.1 Å². The van der Waals surface area contributed by atoms with Gasteiger partial charge in [0.15, 0.2) is 0 Å². The van der Waals surface area contributed by atoms with E-state index in [2.05, 4.69) is 32.9 Å². The topological polar surface area (TPSA) is 56.5 Å². The minimum absolute atomic E-state index is 0.158. The number of benzene rings is 3. The van der Waals surface area contributed by atoms with Crippen molar-refractivity contribution in [2.45, 2.75) is 47.0 Å². The van der Waals surface area contributed by atoms with Crippen LogP contribution in [0.3, 0.4) is 0 Å². The van der Waals surface area contributed by atoms with Crippen molar-refractivity contribution in [3.63, 3.8) is 0 Å². The lowest BCUT2D eigenvalue weighted by molar-refractivity contribution is 0.0914. The standard InChI is InChI=1S/C27H29ClN2O3/c1-17-11-19(3)27(20(4)12-17)33-16-26-29-23-7-5-6-8-24(23)30(26)14-22(31)15-32-25-10-9-21(28)13-18(25)2/h5-13,22,31H,14-16H2,1-4H3. The third kappa shape index (κ3) is 5.32. The first-order valence-electron chi connectivity index (χ1n) is 11.0. The van der Waals surface area contributed by atoms with Gasteiger partial charge in [0.2, 0.25) is 0 Å². The molecule has 172 valence electrons. The molecule has 0 saturated heterocycles. The Hall–Kier alpha value is -3.02. The number of fused-ring (bicyclic) bond motifs is 1. The normalized spacial score (nSPS) is 12.2. The highest BCUT2D eigenvalue weighted by atomic mass is 35.5. The summed E-state index contributed by atoms with van der Waals surface area (Å²) < 4.78 is 14.1. The summed E-state index contributed by atoms with van der Waals surface area (Å²) in [5, 5.41) is 11.4. The van der Waals surface area contributed by atoms with Crippen molar-refractivity contribution in [2.75, 3.05) is 6.61 Å². The van der Waals surface area contributed by atoms with Crippen LogP contribution in [0.1, 0.15) is 28.1 Å². The number of aliphatic hydroxyl groups excluding tert-OH is 1. The highest BCUT2D eigenvalue weighted by Crippen LogP contribution is 2.27. The molecule has 1 N–H and O–H groups in total. The molecule has 1 heterocycles. The second kappa shape index (κ2) is 9.86. The maximum atomic E-state index is 10.8. The summed E-state index contributed by atoms with van der Waals surface area (Å²) in [5.41, 5.74) is 6.17. The summed E-state index contributed by atoms with van der Waals surface area (Å²) in [6, 6.07) is 17.6. The highest BCUT2D eigenvalue weighted by molar-refractivity contribution is 6.30. The van der Waals surface area contributed by atoms with E-state index in [1.165, 1.54) is 5.56 Å². The Kier molecular flexibility index (Phi) is 6.91. The van der Waals surface area contributed by atoms with Crippen molar-refractivity contribution in [3.8, 4) is 11.5 Å². The summed E-state index contributed by atoms with van der Waals surface area (Å²) in [6.07, 6.45) is -0.723. The largest absolute Gasteiger partial charge is 0.491 e. The molecule has 4 aromatic rings. The van der Waals surface area contributed by atoms with Crippen molar-refractivity contribution in [2.24, 2.45) is 0 Å². The second-order valence-electron chi connectivity index (χ2n) is 8.52. The van der Waals surface area contributed by atoms with Crippen LogP contribution in [0.5, 0.6) is 11.5 Å². The monoisotopic (exact) mass is 464 g/mol. The number of rotatable bonds is 8. The van der Waals surface area contributed by atoms with E-state index in [1.807, 2.05) is 47.9 Å². The second-order valence-corrected chi connectivity index (χ2v) is 8.95. The molecule has 0 spiro atoms. The van der Waals surface area contributed by atoms with Crippen LogP contribution in [0.25, 0.3) is 11.0 Å². The molecule has 1 atom stereocenters. The van der Waals surface area contributed by atoms with Crippen molar-refractivity contribution >= 4 is 22.6 Å². The van der Waals surface area contributed by atoms with Crippen LogP contribution in [-0.2, 0) is 13.2 Å². The Morgan fingerprint density at radius 3 is 2.39 bits per heavy atom. The Balaban J connectivity index is 1.52. The first kappa shape index (κ1) is 23.1. The zero-order chi connectivity index (χ0) is 23.5. The fourth-order valence-electron chi connectivity index (χ4n) is 4.19. The van der Waals surface area contributed by atoms with Gasteiger partial charge in [-0.25, -0.2) is 4.98 Å². The van der Waals surface area contributed by atoms with Gasteiger partial charge in [0.05, 0.1) is 17.6 Å². The SMILES string of the molecule is Cc1cc(C)c(OCc2nc3ccccc3n2CC(O)COc2ccc(Cl)cc2C)c(C)c1. The van der Waals surface area contributed by atoms with E-state index in [1.54, 1.807) is 6.07 Å². The van der Waals surface area contributed by atoms with Crippen molar-refractivity contribution in [1.82, 2.24) is 9.55 Å². The summed E-state index contributed by atoms with van der Waals surface area (Å²) in [4.78, 5) is 4.77. The van der Waals surface area contributed by atoms with Crippen LogP contribution in [0.2, 0.25) is 5.02 Å². The molecule has 4 rings (SSSR count). The Bertz CT molecular complexity index is 1260. The molecule has 3 aromatic carbocycles. The van der Waals surface area contributed by atoms with E-state index >= 15 is 0 Å². The molecule has 0 amide bonds. The van der Waals surface area contributed by atoms with Crippen molar-refractivity contribution in [3.05, 3.63) is 87.7 Å². The van der Waals surface area contributed by atoms with E-state index in [0.29, 0.717) is 23.9 Å². The number of hydrogen-bond acceptors (Lipinski definition) is 4. The van der Waals surface area contributed by atoms with Gasteiger partial charge in [-0.3, -0.25) is 0 Å². The molecule has 1 aromatic heterocycles. The van der Waals surface area contributed by atoms with Gasteiger partial charge in [-0.1, -0.05) is 41.4 Å². The van der Waals surface area contributed by atoms with E-state index in [-0.39, 0.29) is 6.61 Å². The van der Waals surface area contributed by atoms with Crippen LogP contribution in [-0.4, -0.2) is 27.4 Å². The quantitative estimate of drug-likeness (QED) is 0.350. The predicted molar refractivity (Wildman–Crippen MR) is 132 cm³/mol. The number of aromatic nitrogens is 2. The minimum atomic E-state index is -0.723. The van der Waals surface area contributed by atoms with Crippen molar-refractivity contribution < 1.29 is 14.6 Å². The van der Waals surface area contributed by atoms with E-state index in [9.17, 15) is 5.11 Å². The average Bonchev–Trinajstić information content (AvgIpc) is 3.09. The number of para-hydroxylation sites is 2. The van der Waals surface area contributed by atoms with Gasteiger partial charge in [-0.2, -0.15) is 0 Å². The summed E-state index contributed by atoms with van der Waals surface area (Å²) in [5.74, 6) is 2.35.